The smallest absolute Gasteiger partial charge is 0.258 e. The van der Waals surface area contributed by atoms with Gasteiger partial charge in [0.2, 0.25) is 11.8 Å². The van der Waals surface area contributed by atoms with Crippen LogP contribution >= 0.6 is 45.8 Å². The highest BCUT2D eigenvalue weighted by Crippen LogP contribution is 2.63. The zero-order valence-corrected chi connectivity index (χ0v) is 28.4. The van der Waals surface area contributed by atoms with Crippen LogP contribution in [0.2, 0.25) is 0 Å². The molecule has 3 aromatic rings. The summed E-state index contributed by atoms with van der Waals surface area (Å²) < 4.78 is 20.0. The van der Waals surface area contributed by atoms with Crippen molar-refractivity contribution in [3.05, 3.63) is 99.4 Å². The standard InChI is InChI=1S/C35H26Cl2FIN2O6/c1-47-28-16-18(3-15-27(28)42)2-14-26-23-12-13-24-29(31(44)40(30(24)43)21-10-6-20(39)7-11-21)25(23)17-34(36)32(45)41(33(46)35(26,34)37)22-8-4-19(38)5-9-22/h2-12,14-16,24-26,29,42H,13,17H2,1H3/t24-,25+,26-,29-,34+,35-/m0/s1. The lowest BCUT2D eigenvalue weighted by atomic mass is 9.57. The molecule has 0 radical (unpaired) electrons. The van der Waals surface area contributed by atoms with E-state index in [-0.39, 0.29) is 35.9 Å². The minimum atomic E-state index is -2.03. The fourth-order valence-electron chi connectivity index (χ4n) is 7.50. The third kappa shape index (κ3) is 4.66. The van der Waals surface area contributed by atoms with Crippen LogP contribution in [0.4, 0.5) is 15.8 Å². The summed E-state index contributed by atoms with van der Waals surface area (Å²) in [5.74, 6) is -5.92. The predicted molar refractivity (Wildman–Crippen MR) is 183 cm³/mol. The molecule has 6 atom stereocenters. The summed E-state index contributed by atoms with van der Waals surface area (Å²) in [5, 5.41) is 10.1. The van der Waals surface area contributed by atoms with Crippen LogP contribution in [0, 0.1) is 33.1 Å². The Labute approximate surface area is 292 Å². The first-order valence-electron chi connectivity index (χ1n) is 14.8. The molecule has 0 bridgehead atoms. The topological polar surface area (TPSA) is 104 Å². The van der Waals surface area contributed by atoms with Crippen LogP contribution in [0.1, 0.15) is 18.4 Å². The third-order valence-corrected chi connectivity index (χ3v) is 11.9. The zero-order chi connectivity index (χ0) is 33.4. The van der Waals surface area contributed by atoms with Crippen molar-refractivity contribution >= 4 is 86.9 Å². The number of aromatic hydroxyl groups is 1. The zero-order valence-electron chi connectivity index (χ0n) is 24.7. The normalized spacial score (nSPS) is 30.0. The number of amides is 4. The number of halogens is 4. The molecule has 2 heterocycles. The highest BCUT2D eigenvalue weighted by Gasteiger charge is 2.76. The van der Waals surface area contributed by atoms with Crippen molar-refractivity contribution in [3.63, 3.8) is 0 Å². The van der Waals surface area contributed by atoms with E-state index in [0.29, 0.717) is 16.8 Å². The maximum atomic E-state index is 14.4. The van der Waals surface area contributed by atoms with Crippen LogP contribution < -0.4 is 14.5 Å². The molecule has 3 aromatic carbocycles. The van der Waals surface area contributed by atoms with Gasteiger partial charge in [-0.25, -0.2) is 9.29 Å². The monoisotopic (exact) mass is 786 g/mol. The second-order valence-electron chi connectivity index (χ2n) is 12.1. The van der Waals surface area contributed by atoms with Crippen molar-refractivity contribution in [1.82, 2.24) is 0 Å². The number of hydrogen-bond donors (Lipinski definition) is 1. The summed E-state index contributed by atoms with van der Waals surface area (Å²) in [6, 6.07) is 16.6. The molecule has 0 unspecified atom stereocenters. The minimum absolute atomic E-state index is 0.0643. The van der Waals surface area contributed by atoms with Crippen LogP contribution in [-0.2, 0) is 19.2 Å². The number of imide groups is 2. The number of anilines is 2. The van der Waals surface area contributed by atoms with Gasteiger partial charge in [0.15, 0.2) is 21.2 Å². The van der Waals surface area contributed by atoms with E-state index in [9.17, 15) is 28.7 Å². The van der Waals surface area contributed by atoms with Gasteiger partial charge in [-0.2, -0.15) is 0 Å². The van der Waals surface area contributed by atoms with Gasteiger partial charge in [-0.1, -0.05) is 29.9 Å². The van der Waals surface area contributed by atoms with Crippen molar-refractivity contribution in [2.24, 2.45) is 23.7 Å². The Kier molecular flexibility index (Phi) is 7.76. The van der Waals surface area contributed by atoms with Gasteiger partial charge >= 0.3 is 0 Å². The van der Waals surface area contributed by atoms with E-state index in [4.69, 9.17) is 27.9 Å². The van der Waals surface area contributed by atoms with Crippen LogP contribution in [-0.4, -0.2) is 45.6 Å². The van der Waals surface area contributed by atoms with Crippen molar-refractivity contribution in [3.8, 4) is 11.5 Å². The van der Waals surface area contributed by atoms with E-state index in [1.54, 1.807) is 36.4 Å². The average molecular weight is 787 g/mol. The van der Waals surface area contributed by atoms with Crippen LogP contribution in [0.3, 0.4) is 0 Å². The molecular weight excluding hydrogens is 761 g/mol. The van der Waals surface area contributed by atoms with Crippen molar-refractivity contribution in [1.29, 1.82) is 0 Å². The Hall–Kier alpha value is -3.74. The van der Waals surface area contributed by atoms with Gasteiger partial charge in [-0.3, -0.25) is 24.1 Å². The Morgan fingerprint density at radius 1 is 0.915 bits per heavy atom. The number of ether oxygens (including phenoxy) is 1. The number of nitrogens with zero attached hydrogens (tertiary/aromatic N) is 2. The van der Waals surface area contributed by atoms with E-state index in [2.05, 4.69) is 22.6 Å². The Morgan fingerprint density at radius 3 is 2.26 bits per heavy atom. The number of carbonyl (C=O) groups excluding carboxylic acids is 4. The van der Waals surface area contributed by atoms with Gasteiger partial charge in [0.25, 0.3) is 11.8 Å². The van der Waals surface area contributed by atoms with Crippen molar-refractivity contribution in [2.45, 2.75) is 22.6 Å². The molecule has 4 aliphatic rings. The van der Waals surface area contributed by atoms with E-state index in [1.807, 2.05) is 18.2 Å². The minimum Gasteiger partial charge on any atom is -0.504 e. The lowest BCUT2D eigenvalue weighted by Gasteiger charge is -2.49. The largest absolute Gasteiger partial charge is 0.504 e. The number of phenols is 1. The Morgan fingerprint density at radius 2 is 1.57 bits per heavy atom. The second-order valence-corrected chi connectivity index (χ2v) is 14.6. The molecule has 8 nitrogen and oxygen atoms in total. The van der Waals surface area contributed by atoms with Crippen LogP contribution in [0.5, 0.6) is 11.5 Å². The summed E-state index contributed by atoms with van der Waals surface area (Å²) in [6.07, 6.45) is 5.25. The van der Waals surface area contributed by atoms with E-state index in [1.165, 1.54) is 30.2 Å². The first-order valence-corrected chi connectivity index (χ1v) is 16.6. The molecule has 1 saturated carbocycles. The number of fused-ring (bicyclic) bond motifs is 4. The summed E-state index contributed by atoms with van der Waals surface area (Å²) in [5.41, 5.74) is 1.79. The van der Waals surface area contributed by atoms with Crippen molar-refractivity contribution in [2.75, 3.05) is 16.9 Å². The van der Waals surface area contributed by atoms with Gasteiger partial charge in [0.1, 0.15) is 5.82 Å². The summed E-state index contributed by atoms with van der Waals surface area (Å²) in [6.45, 7) is 0. The highest BCUT2D eigenvalue weighted by molar-refractivity contribution is 14.1. The van der Waals surface area contributed by atoms with Gasteiger partial charge in [-0.05, 0) is 108 Å². The van der Waals surface area contributed by atoms with Gasteiger partial charge in [0.05, 0.1) is 30.3 Å². The Bertz CT molecular complexity index is 1920. The molecule has 0 spiro atoms. The van der Waals surface area contributed by atoms with Crippen LogP contribution in [0.15, 0.2) is 84.5 Å². The molecule has 2 aliphatic heterocycles. The highest BCUT2D eigenvalue weighted by atomic mass is 127. The fourth-order valence-corrected chi connectivity index (χ4v) is 8.75. The molecule has 4 amide bonds. The third-order valence-electron chi connectivity index (χ3n) is 9.72. The molecule has 12 heteroatoms. The lowest BCUT2D eigenvalue weighted by Crippen LogP contribution is -2.60. The summed E-state index contributed by atoms with van der Waals surface area (Å²) >= 11 is 16.8. The average Bonchev–Trinajstić information content (AvgIpc) is 3.40. The van der Waals surface area contributed by atoms with Gasteiger partial charge < -0.3 is 9.84 Å². The second kappa shape index (κ2) is 11.5. The Balaban J connectivity index is 1.36. The van der Waals surface area contributed by atoms with Crippen LogP contribution in [0.25, 0.3) is 6.08 Å². The molecule has 3 fully saturated rings. The quantitative estimate of drug-likeness (QED) is 0.138. The molecular formula is C35H26Cl2FIN2O6. The fraction of sp³-hybridized carbons (Fsp3) is 0.257. The van der Waals surface area contributed by atoms with Crippen molar-refractivity contribution < 1.29 is 33.4 Å². The number of phenolic OH excluding ortho intramolecular Hbond substituents is 1. The maximum Gasteiger partial charge on any atom is 0.258 e. The van der Waals surface area contributed by atoms with E-state index >= 15 is 0 Å². The number of hydrogen-bond acceptors (Lipinski definition) is 6. The molecule has 2 saturated heterocycles. The number of rotatable bonds is 5. The summed E-state index contributed by atoms with van der Waals surface area (Å²) in [7, 11) is 1.42. The van der Waals surface area contributed by atoms with Gasteiger partial charge in [-0.15, -0.1) is 23.2 Å². The SMILES string of the molecule is COc1cc(C=C[C@H]2C3=CC[C@@H]4C(=O)N(c5ccc(I)cc5)C(=O)[C@@H]4[C@@H]3C[C@@]3(Cl)C(=O)N(c4ccc(F)cc4)C(=O)[C@@]23Cl)ccc1O. The molecule has 2 aliphatic carbocycles. The number of benzene rings is 3. The molecule has 47 heavy (non-hydrogen) atoms. The summed E-state index contributed by atoms with van der Waals surface area (Å²) in [4.78, 5) is 54.6. The number of alkyl halides is 2. The predicted octanol–water partition coefficient (Wildman–Crippen LogP) is 6.46. The molecule has 0 aromatic heterocycles. The number of methoxy groups -OCH3 is 1. The number of carbonyl (C=O) groups is 4. The van der Waals surface area contributed by atoms with E-state index in [0.717, 1.165) is 20.6 Å². The van der Waals surface area contributed by atoms with E-state index < -0.39 is 57.0 Å². The molecule has 240 valence electrons. The molecule has 1 N–H and O–H groups in total. The first kappa shape index (κ1) is 31.8. The number of allylic oxidation sites excluding steroid dienone is 3. The first-order chi connectivity index (χ1) is 22.4. The molecule has 7 rings (SSSR count). The van der Waals surface area contributed by atoms with Gasteiger partial charge in [0, 0.05) is 9.49 Å². The maximum absolute atomic E-state index is 14.4. The lowest BCUT2D eigenvalue weighted by molar-refractivity contribution is -0.125.